The van der Waals surface area contributed by atoms with E-state index in [9.17, 15) is 9.59 Å². The minimum atomic E-state index is -0.726. The van der Waals surface area contributed by atoms with Gasteiger partial charge in [0, 0.05) is 23.1 Å². The monoisotopic (exact) mass is 476 g/mol. The van der Waals surface area contributed by atoms with Crippen molar-refractivity contribution in [3.05, 3.63) is 71.4 Å². The van der Waals surface area contributed by atoms with Crippen LogP contribution in [0.25, 0.3) is 10.9 Å². The van der Waals surface area contributed by atoms with Gasteiger partial charge >= 0.3 is 0 Å². The molecule has 1 aromatic heterocycles. The van der Waals surface area contributed by atoms with E-state index >= 15 is 0 Å². The molecule has 4 rings (SSSR count). The van der Waals surface area contributed by atoms with Gasteiger partial charge in [-0.2, -0.15) is 0 Å². The number of hydroxylamine groups is 1. The molecule has 2 atom stereocenters. The highest BCUT2D eigenvalue weighted by molar-refractivity contribution is 5.95. The molecule has 3 aromatic rings. The van der Waals surface area contributed by atoms with Gasteiger partial charge in [0.05, 0.1) is 24.1 Å². The fourth-order valence-electron chi connectivity index (χ4n) is 4.77. The van der Waals surface area contributed by atoms with Gasteiger partial charge in [0.25, 0.3) is 5.91 Å². The standard InChI is InChI=1S/C27H32N4O4/c1-18-17-28-13-12-27(18,16-25(32)31-34)30-26(33)20-7-9-22(10-8-20)35-14-11-21-15-19(2)29-24-6-4-3-5-23(21)24/h3-10,15,18,28,34H,11-14,16-17H2,1-2H3,(H,30,33)(H,31,32). The van der Waals surface area contributed by atoms with Crippen LogP contribution in [0.15, 0.2) is 54.6 Å². The summed E-state index contributed by atoms with van der Waals surface area (Å²) in [6, 6.07) is 17.2. The first-order valence-electron chi connectivity index (χ1n) is 11.9. The maximum absolute atomic E-state index is 13.0. The van der Waals surface area contributed by atoms with Crippen molar-refractivity contribution < 1.29 is 19.5 Å². The van der Waals surface area contributed by atoms with E-state index < -0.39 is 11.4 Å². The van der Waals surface area contributed by atoms with Crippen LogP contribution in [-0.2, 0) is 11.2 Å². The predicted molar refractivity (Wildman–Crippen MR) is 134 cm³/mol. The Labute approximate surface area is 205 Å². The number of aromatic nitrogens is 1. The second-order valence-electron chi connectivity index (χ2n) is 9.24. The number of nitrogens with one attached hydrogen (secondary N) is 3. The molecule has 1 saturated heterocycles. The summed E-state index contributed by atoms with van der Waals surface area (Å²) < 4.78 is 5.95. The van der Waals surface area contributed by atoms with Gasteiger partial charge in [0.2, 0.25) is 5.91 Å². The fourth-order valence-corrected chi connectivity index (χ4v) is 4.77. The van der Waals surface area contributed by atoms with E-state index in [2.05, 4.69) is 27.8 Å². The number of ether oxygens (including phenoxy) is 1. The van der Waals surface area contributed by atoms with Crippen LogP contribution in [0.4, 0.5) is 0 Å². The number of fused-ring (bicyclic) bond motifs is 1. The zero-order chi connectivity index (χ0) is 24.8. The average Bonchev–Trinajstić information content (AvgIpc) is 2.86. The van der Waals surface area contributed by atoms with Crippen molar-refractivity contribution in [1.82, 2.24) is 21.1 Å². The van der Waals surface area contributed by atoms with Crippen LogP contribution in [0.3, 0.4) is 0 Å². The number of para-hydroxylation sites is 1. The number of pyridine rings is 1. The Morgan fingerprint density at radius 1 is 1.20 bits per heavy atom. The van der Waals surface area contributed by atoms with E-state index in [1.54, 1.807) is 29.7 Å². The Morgan fingerprint density at radius 2 is 1.97 bits per heavy atom. The summed E-state index contributed by atoms with van der Waals surface area (Å²) in [5.74, 6) is -0.0658. The van der Waals surface area contributed by atoms with Gasteiger partial charge in [0.1, 0.15) is 5.75 Å². The number of nitrogens with zero attached hydrogens (tertiary/aromatic N) is 1. The van der Waals surface area contributed by atoms with Crippen molar-refractivity contribution in [3.8, 4) is 5.75 Å². The SMILES string of the molecule is Cc1cc(CCOc2ccc(C(=O)NC3(CC(=O)NO)CCNCC3C)cc2)c2ccccc2n1. The number of piperidine rings is 1. The second-order valence-corrected chi connectivity index (χ2v) is 9.24. The van der Waals surface area contributed by atoms with Crippen LogP contribution in [0.5, 0.6) is 5.75 Å². The van der Waals surface area contributed by atoms with Crippen molar-refractivity contribution in [3.63, 3.8) is 0 Å². The molecule has 2 unspecified atom stereocenters. The Hall–Kier alpha value is -3.49. The highest BCUT2D eigenvalue weighted by Crippen LogP contribution is 2.29. The summed E-state index contributed by atoms with van der Waals surface area (Å²) in [4.78, 5) is 29.5. The van der Waals surface area contributed by atoms with Gasteiger partial charge in [0.15, 0.2) is 0 Å². The maximum Gasteiger partial charge on any atom is 0.251 e. The van der Waals surface area contributed by atoms with Crippen molar-refractivity contribution in [1.29, 1.82) is 0 Å². The molecule has 184 valence electrons. The van der Waals surface area contributed by atoms with Gasteiger partial charge in [-0.25, -0.2) is 5.48 Å². The highest BCUT2D eigenvalue weighted by atomic mass is 16.5. The molecule has 2 heterocycles. The normalized spacial score (nSPS) is 19.8. The Bertz CT molecular complexity index is 1200. The maximum atomic E-state index is 13.0. The zero-order valence-electron chi connectivity index (χ0n) is 20.1. The van der Waals surface area contributed by atoms with E-state index in [4.69, 9.17) is 9.94 Å². The summed E-state index contributed by atoms with van der Waals surface area (Å²) in [7, 11) is 0. The van der Waals surface area contributed by atoms with E-state index in [1.807, 2.05) is 32.0 Å². The highest BCUT2D eigenvalue weighted by Gasteiger charge is 2.41. The summed E-state index contributed by atoms with van der Waals surface area (Å²) in [5.41, 5.74) is 4.61. The molecule has 0 spiro atoms. The number of rotatable bonds is 8. The Balaban J connectivity index is 1.39. The Kier molecular flexibility index (Phi) is 7.63. The lowest BCUT2D eigenvalue weighted by atomic mass is 9.76. The second kappa shape index (κ2) is 10.8. The lowest BCUT2D eigenvalue weighted by molar-refractivity contribution is -0.131. The summed E-state index contributed by atoms with van der Waals surface area (Å²) in [6.07, 6.45) is 1.35. The number of amides is 2. The van der Waals surface area contributed by atoms with Gasteiger partial charge in [-0.3, -0.25) is 19.8 Å². The van der Waals surface area contributed by atoms with Gasteiger partial charge in [-0.1, -0.05) is 25.1 Å². The van der Waals surface area contributed by atoms with Crippen LogP contribution in [0, 0.1) is 12.8 Å². The van der Waals surface area contributed by atoms with Crippen LogP contribution >= 0.6 is 0 Å². The lowest BCUT2D eigenvalue weighted by Crippen LogP contribution is -2.61. The van der Waals surface area contributed by atoms with Crippen LogP contribution < -0.4 is 20.9 Å². The molecule has 0 aliphatic carbocycles. The molecule has 1 aliphatic rings. The minimum absolute atomic E-state index is 0.0163. The van der Waals surface area contributed by atoms with Crippen molar-refractivity contribution >= 4 is 22.7 Å². The smallest absolute Gasteiger partial charge is 0.251 e. The first kappa shape index (κ1) is 24.6. The lowest BCUT2D eigenvalue weighted by Gasteiger charge is -2.43. The fraction of sp³-hybridized carbons (Fsp3) is 0.370. The third-order valence-electron chi connectivity index (χ3n) is 6.79. The van der Waals surface area contributed by atoms with E-state index in [1.165, 1.54) is 5.56 Å². The molecule has 0 bridgehead atoms. The molecule has 2 aromatic carbocycles. The van der Waals surface area contributed by atoms with Gasteiger partial charge in [-0.15, -0.1) is 0 Å². The minimum Gasteiger partial charge on any atom is -0.493 e. The number of aryl methyl sites for hydroxylation is 1. The largest absolute Gasteiger partial charge is 0.493 e. The topological polar surface area (TPSA) is 113 Å². The number of hydrogen-bond acceptors (Lipinski definition) is 6. The van der Waals surface area contributed by atoms with Crippen LogP contribution in [0.2, 0.25) is 0 Å². The van der Waals surface area contributed by atoms with Crippen LogP contribution in [0.1, 0.15) is 41.4 Å². The number of benzene rings is 2. The Morgan fingerprint density at radius 3 is 2.71 bits per heavy atom. The summed E-state index contributed by atoms with van der Waals surface area (Å²) in [6.45, 7) is 5.84. The molecule has 8 nitrogen and oxygen atoms in total. The number of carbonyl (C=O) groups excluding carboxylic acids is 2. The van der Waals surface area contributed by atoms with Gasteiger partial charge in [-0.05, 0) is 74.3 Å². The number of carbonyl (C=O) groups is 2. The predicted octanol–water partition coefficient (Wildman–Crippen LogP) is 3.16. The molecule has 4 N–H and O–H groups in total. The number of hydrogen-bond donors (Lipinski definition) is 4. The molecule has 1 fully saturated rings. The van der Waals surface area contributed by atoms with Crippen molar-refractivity contribution in [2.75, 3.05) is 19.7 Å². The van der Waals surface area contributed by atoms with Crippen molar-refractivity contribution in [2.24, 2.45) is 5.92 Å². The van der Waals surface area contributed by atoms with Crippen LogP contribution in [-0.4, -0.2) is 47.2 Å². The molecule has 35 heavy (non-hydrogen) atoms. The van der Waals surface area contributed by atoms with Crippen molar-refractivity contribution in [2.45, 2.75) is 38.6 Å². The first-order chi connectivity index (χ1) is 16.9. The molecule has 2 amide bonds. The molecule has 0 saturated carbocycles. The van der Waals surface area contributed by atoms with Gasteiger partial charge < -0.3 is 15.4 Å². The molecular weight excluding hydrogens is 444 g/mol. The first-order valence-corrected chi connectivity index (χ1v) is 11.9. The third kappa shape index (κ3) is 5.78. The molecule has 1 aliphatic heterocycles. The third-order valence-corrected chi connectivity index (χ3v) is 6.79. The average molecular weight is 477 g/mol. The molecule has 8 heteroatoms. The van der Waals surface area contributed by atoms with E-state index in [-0.39, 0.29) is 18.2 Å². The molecular formula is C27H32N4O4. The summed E-state index contributed by atoms with van der Waals surface area (Å²) in [5, 5.41) is 16.5. The van der Waals surface area contributed by atoms with E-state index in [0.717, 1.165) is 23.0 Å². The zero-order valence-corrected chi connectivity index (χ0v) is 20.1. The molecule has 0 radical (unpaired) electrons. The quantitative estimate of drug-likeness (QED) is 0.294. The van der Waals surface area contributed by atoms with E-state index in [0.29, 0.717) is 37.4 Å². The summed E-state index contributed by atoms with van der Waals surface area (Å²) >= 11 is 0.